The fourth-order valence-electron chi connectivity index (χ4n) is 2.12. The predicted molar refractivity (Wildman–Crippen MR) is 70.3 cm³/mol. The number of carbonyl (C=O) groups is 1. The summed E-state index contributed by atoms with van der Waals surface area (Å²) in [5.74, 6) is -0.0646. The molecule has 5 nitrogen and oxygen atoms in total. The van der Waals surface area contributed by atoms with Gasteiger partial charge >= 0.3 is 0 Å². The number of amides is 1. The number of nitrogens with zero attached hydrogens (tertiary/aromatic N) is 1. The molecule has 3 N–H and O–H groups in total. The third-order valence-corrected chi connectivity index (χ3v) is 3.22. The molecule has 0 spiro atoms. The Morgan fingerprint density at radius 3 is 2.79 bits per heavy atom. The van der Waals surface area contributed by atoms with E-state index in [1.807, 2.05) is 12.1 Å². The number of hydrogen-bond acceptors (Lipinski definition) is 4. The Labute approximate surface area is 112 Å². The number of carbonyl (C=O) groups excluding carboxylic acids is 1. The lowest BCUT2D eigenvalue weighted by molar-refractivity contribution is -0.122. The van der Waals surface area contributed by atoms with E-state index in [0.29, 0.717) is 25.1 Å². The summed E-state index contributed by atoms with van der Waals surface area (Å²) in [7, 11) is 0. The van der Waals surface area contributed by atoms with Crippen molar-refractivity contribution in [3.8, 4) is 6.07 Å². The molecule has 5 heteroatoms. The van der Waals surface area contributed by atoms with Gasteiger partial charge in [0.2, 0.25) is 5.91 Å². The summed E-state index contributed by atoms with van der Waals surface area (Å²) in [6.07, 6.45) is 0.782. The number of nitrogens with one attached hydrogen (secondary N) is 2. The highest BCUT2D eigenvalue weighted by Gasteiger charge is 2.27. The van der Waals surface area contributed by atoms with E-state index < -0.39 is 6.10 Å². The van der Waals surface area contributed by atoms with Crippen LogP contribution in [0.4, 0.5) is 0 Å². The standard InChI is InChI=1S/C14H17N3O2/c15-8-11-3-1-10(2-4-11)5-6-16-14(19)13-7-12(18)9-17-13/h1-4,12-13,17-18H,5-7,9H2,(H,16,19)/t12-,13+/m1/s1. The smallest absolute Gasteiger partial charge is 0.237 e. The van der Waals surface area contributed by atoms with Crippen molar-refractivity contribution in [1.82, 2.24) is 10.6 Å². The quantitative estimate of drug-likeness (QED) is 0.707. The molecule has 1 heterocycles. The molecule has 1 saturated heterocycles. The molecule has 1 fully saturated rings. The second-order valence-electron chi connectivity index (χ2n) is 4.70. The summed E-state index contributed by atoms with van der Waals surface area (Å²) in [6, 6.07) is 9.11. The van der Waals surface area contributed by atoms with E-state index in [0.717, 1.165) is 12.0 Å². The van der Waals surface area contributed by atoms with Crippen LogP contribution in [-0.4, -0.2) is 36.2 Å². The van der Waals surface area contributed by atoms with Crippen LogP contribution in [-0.2, 0) is 11.2 Å². The topological polar surface area (TPSA) is 85.2 Å². The minimum Gasteiger partial charge on any atom is -0.392 e. The van der Waals surface area contributed by atoms with Crippen LogP contribution >= 0.6 is 0 Å². The zero-order valence-corrected chi connectivity index (χ0v) is 10.6. The minimum absolute atomic E-state index is 0.0646. The lowest BCUT2D eigenvalue weighted by Gasteiger charge is -2.10. The first-order chi connectivity index (χ1) is 9.19. The average Bonchev–Trinajstić information content (AvgIpc) is 2.86. The predicted octanol–water partition coefficient (Wildman–Crippen LogP) is -0.0602. The second-order valence-corrected chi connectivity index (χ2v) is 4.70. The maximum Gasteiger partial charge on any atom is 0.237 e. The molecule has 2 atom stereocenters. The summed E-state index contributed by atoms with van der Waals surface area (Å²) in [5, 5.41) is 23.8. The molecule has 1 aromatic carbocycles. The van der Waals surface area contributed by atoms with E-state index in [1.165, 1.54) is 0 Å². The Morgan fingerprint density at radius 1 is 1.47 bits per heavy atom. The van der Waals surface area contributed by atoms with Crippen molar-refractivity contribution < 1.29 is 9.90 Å². The number of aliphatic hydroxyl groups is 1. The molecule has 1 aliphatic rings. The molecule has 100 valence electrons. The fraction of sp³-hybridized carbons (Fsp3) is 0.429. The van der Waals surface area contributed by atoms with Crippen LogP contribution in [0.1, 0.15) is 17.5 Å². The largest absolute Gasteiger partial charge is 0.392 e. The van der Waals surface area contributed by atoms with Gasteiger partial charge in [0.25, 0.3) is 0 Å². The Bertz CT molecular complexity index is 478. The molecule has 19 heavy (non-hydrogen) atoms. The molecule has 1 aromatic rings. The van der Waals surface area contributed by atoms with E-state index in [-0.39, 0.29) is 11.9 Å². The first kappa shape index (κ1) is 13.5. The van der Waals surface area contributed by atoms with Crippen molar-refractivity contribution in [1.29, 1.82) is 5.26 Å². The van der Waals surface area contributed by atoms with Crippen LogP contribution in [0.3, 0.4) is 0 Å². The van der Waals surface area contributed by atoms with Gasteiger partial charge in [-0.3, -0.25) is 4.79 Å². The van der Waals surface area contributed by atoms with Gasteiger partial charge in [-0.25, -0.2) is 0 Å². The number of nitriles is 1. The summed E-state index contributed by atoms with van der Waals surface area (Å²) < 4.78 is 0. The van der Waals surface area contributed by atoms with E-state index in [2.05, 4.69) is 16.7 Å². The molecule has 0 aliphatic carbocycles. The van der Waals surface area contributed by atoms with Crippen LogP contribution in [0, 0.1) is 11.3 Å². The van der Waals surface area contributed by atoms with Crippen molar-refractivity contribution in [3.05, 3.63) is 35.4 Å². The number of β-amino-alcohol motifs (C(OH)–C–C–N with tert-alkyl or cyclic N) is 1. The SMILES string of the molecule is N#Cc1ccc(CCNC(=O)[C@@H]2C[C@@H](O)CN2)cc1. The maximum atomic E-state index is 11.8. The monoisotopic (exact) mass is 259 g/mol. The molecule has 0 radical (unpaired) electrons. The second kappa shape index (κ2) is 6.32. The van der Waals surface area contributed by atoms with E-state index >= 15 is 0 Å². The third-order valence-electron chi connectivity index (χ3n) is 3.22. The zero-order chi connectivity index (χ0) is 13.7. The summed E-state index contributed by atoms with van der Waals surface area (Å²) >= 11 is 0. The van der Waals surface area contributed by atoms with Gasteiger partial charge in [-0.15, -0.1) is 0 Å². The summed E-state index contributed by atoms with van der Waals surface area (Å²) in [5.41, 5.74) is 1.72. The van der Waals surface area contributed by atoms with Gasteiger partial charge in [0.05, 0.1) is 23.8 Å². The highest BCUT2D eigenvalue weighted by molar-refractivity contribution is 5.82. The average molecular weight is 259 g/mol. The van der Waals surface area contributed by atoms with Crippen molar-refractivity contribution in [3.63, 3.8) is 0 Å². The molecular formula is C14H17N3O2. The van der Waals surface area contributed by atoms with Crippen LogP contribution in [0.25, 0.3) is 0 Å². The van der Waals surface area contributed by atoms with Gasteiger partial charge < -0.3 is 15.7 Å². The van der Waals surface area contributed by atoms with Crippen molar-refractivity contribution >= 4 is 5.91 Å². The van der Waals surface area contributed by atoms with E-state index in [9.17, 15) is 9.90 Å². The van der Waals surface area contributed by atoms with Crippen LogP contribution in [0.2, 0.25) is 0 Å². The summed E-state index contributed by atoms with van der Waals surface area (Å²) in [6.45, 7) is 1.03. The Morgan fingerprint density at radius 2 is 2.21 bits per heavy atom. The first-order valence-corrected chi connectivity index (χ1v) is 6.37. The molecule has 0 unspecified atom stereocenters. The number of aliphatic hydroxyl groups excluding tert-OH is 1. The highest BCUT2D eigenvalue weighted by Crippen LogP contribution is 2.06. The van der Waals surface area contributed by atoms with Crippen LogP contribution in [0.15, 0.2) is 24.3 Å². The molecule has 0 aromatic heterocycles. The molecular weight excluding hydrogens is 242 g/mol. The third kappa shape index (κ3) is 3.78. The Kier molecular flexibility index (Phi) is 4.50. The first-order valence-electron chi connectivity index (χ1n) is 6.37. The normalized spacial score (nSPS) is 21.9. The lowest BCUT2D eigenvalue weighted by atomic mass is 10.1. The van der Waals surface area contributed by atoms with Gasteiger partial charge in [0.1, 0.15) is 0 Å². The van der Waals surface area contributed by atoms with Gasteiger partial charge in [0, 0.05) is 13.1 Å². The van der Waals surface area contributed by atoms with Gasteiger partial charge in [-0.1, -0.05) is 12.1 Å². The van der Waals surface area contributed by atoms with Crippen LogP contribution < -0.4 is 10.6 Å². The maximum absolute atomic E-state index is 11.8. The zero-order valence-electron chi connectivity index (χ0n) is 10.6. The van der Waals surface area contributed by atoms with E-state index in [1.54, 1.807) is 12.1 Å². The Hall–Kier alpha value is -1.90. The van der Waals surface area contributed by atoms with Gasteiger partial charge in [0.15, 0.2) is 0 Å². The molecule has 2 rings (SSSR count). The van der Waals surface area contributed by atoms with E-state index in [4.69, 9.17) is 5.26 Å². The Balaban J connectivity index is 1.74. The van der Waals surface area contributed by atoms with Gasteiger partial charge in [-0.05, 0) is 30.5 Å². The van der Waals surface area contributed by atoms with Gasteiger partial charge in [-0.2, -0.15) is 5.26 Å². The number of benzene rings is 1. The fourth-order valence-corrected chi connectivity index (χ4v) is 2.12. The number of rotatable bonds is 4. The molecule has 1 aliphatic heterocycles. The minimum atomic E-state index is -0.422. The highest BCUT2D eigenvalue weighted by atomic mass is 16.3. The molecule has 0 bridgehead atoms. The summed E-state index contributed by atoms with van der Waals surface area (Å²) in [4.78, 5) is 11.8. The van der Waals surface area contributed by atoms with Crippen molar-refractivity contribution in [2.24, 2.45) is 0 Å². The molecule has 1 amide bonds. The van der Waals surface area contributed by atoms with Crippen LogP contribution in [0.5, 0.6) is 0 Å². The molecule has 0 saturated carbocycles. The number of hydrogen-bond donors (Lipinski definition) is 3. The van der Waals surface area contributed by atoms with Crippen molar-refractivity contribution in [2.75, 3.05) is 13.1 Å². The van der Waals surface area contributed by atoms with Crippen molar-refractivity contribution in [2.45, 2.75) is 25.0 Å². The lowest BCUT2D eigenvalue weighted by Crippen LogP contribution is -2.41.